The smallest absolute Gasteiger partial charge is 0.240 e. The Bertz CT molecular complexity index is 1490. The molecule has 0 radical (unpaired) electrons. The van der Waals surface area contributed by atoms with Gasteiger partial charge in [-0.3, -0.25) is 0 Å². The third kappa shape index (κ3) is 5.84. The minimum Gasteiger partial charge on any atom is -0.437 e. The van der Waals surface area contributed by atoms with Crippen molar-refractivity contribution >= 4 is 21.6 Å². The number of benzene rings is 3. The summed E-state index contributed by atoms with van der Waals surface area (Å²) in [6.45, 7) is 0.881. The van der Waals surface area contributed by atoms with Gasteiger partial charge in [-0.25, -0.2) is 14.4 Å². The van der Waals surface area contributed by atoms with Crippen LogP contribution in [0.25, 0.3) is 10.2 Å². The van der Waals surface area contributed by atoms with E-state index in [-0.39, 0.29) is 13.2 Å². The van der Waals surface area contributed by atoms with Gasteiger partial charge in [-0.05, 0) is 28.6 Å². The molecule has 0 unspecified atom stereocenters. The minimum absolute atomic E-state index is 0.199. The van der Waals surface area contributed by atoms with Crippen LogP contribution >= 0.6 is 11.3 Å². The van der Waals surface area contributed by atoms with E-state index < -0.39 is 24.5 Å². The molecule has 1 aliphatic heterocycles. The lowest BCUT2D eigenvalue weighted by molar-refractivity contribution is -0.0736. The molecule has 1 aliphatic rings. The molecule has 198 valence electrons. The van der Waals surface area contributed by atoms with E-state index in [4.69, 9.17) is 18.9 Å². The van der Waals surface area contributed by atoms with Gasteiger partial charge >= 0.3 is 0 Å². The van der Waals surface area contributed by atoms with Crippen LogP contribution < -0.4 is 4.74 Å². The summed E-state index contributed by atoms with van der Waals surface area (Å²) >= 11 is 1.41. The first kappa shape index (κ1) is 25.6. The summed E-state index contributed by atoms with van der Waals surface area (Å²) < 4.78 is 41.2. The lowest BCUT2D eigenvalue weighted by Gasteiger charge is -2.20. The number of halogens is 1. The van der Waals surface area contributed by atoms with Crippen LogP contribution in [0.2, 0.25) is 0 Å². The van der Waals surface area contributed by atoms with E-state index in [2.05, 4.69) is 9.97 Å². The molecule has 0 spiro atoms. The zero-order valence-corrected chi connectivity index (χ0v) is 21.9. The number of hydrogen-bond acceptors (Lipinski definition) is 7. The molecule has 8 heteroatoms. The van der Waals surface area contributed by atoms with Crippen molar-refractivity contribution in [1.29, 1.82) is 0 Å². The fraction of sp³-hybridized carbons (Fsp3) is 0.226. The molecule has 0 saturated carbocycles. The molecule has 5 aromatic rings. The molecular weight excluding hydrogens is 515 g/mol. The molecule has 3 heterocycles. The summed E-state index contributed by atoms with van der Waals surface area (Å²) in [4.78, 5) is 8.79. The third-order valence-electron chi connectivity index (χ3n) is 6.58. The first-order valence-corrected chi connectivity index (χ1v) is 13.7. The van der Waals surface area contributed by atoms with Crippen LogP contribution in [0.4, 0.5) is 4.39 Å². The minimum atomic E-state index is -1.41. The van der Waals surface area contributed by atoms with E-state index >= 15 is 4.39 Å². The topological polar surface area (TPSA) is 62.7 Å². The van der Waals surface area contributed by atoms with Crippen LogP contribution in [0.3, 0.4) is 0 Å². The van der Waals surface area contributed by atoms with Gasteiger partial charge in [-0.1, -0.05) is 78.9 Å². The molecule has 0 bridgehead atoms. The third-order valence-corrected chi connectivity index (χ3v) is 7.56. The summed E-state index contributed by atoms with van der Waals surface area (Å²) in [5.41, 5.74) is 3.27. The lowest BCUT2D eigenvalue weighted by Crippen LogP contribution is -2.34. The molecular formula is C31H27FN2O4S. The second kappa shape index (κ2) is 12.0. The predicted molar refractivity (Wildman–Crippen MR) is 148 cm³/mol. The summed E-state index contributed by atoms with van der Waals surface area (Å²) in [6, 6.07) is 29.0. The highest BCUT2D eigenvalue weighted by Crippen LogP contribution is 2.43. The maximum atomic E-state index is 16.1. The largest absolute Gasteiger partial charge is 0.437 e. The van der Waals surface area contributed by atoms with Gasteiger partial charge in [-0.2, -0.15) is 0 Å². The number of thiophene rings is 1. The monoisotopic (exact) mass is 542 g/mol. The molecule has 4 atom stereocenters. The van der Waals surface area contributed by atoms with Crippen molar-refractivity contribution in [2.45, 2.75) is 37.7 Å². The lowest BCUT2D eigenvalue weighted by atomic mass is 10.0. The van der Waals surface area contributed by atoms with Crippen molar-refractivity contribution in [1.82, 2.24) is 9.97 Å². The Morgan fingerprint density at radius 2 is 1.49 bits per heavy atom. The second-order valence-electron chi connectivity index (χ2n) is 9.26. The summed E-state index contributed by atoms with van der Waals surface area (Å²) in [5, 5.41) is 1.87. The molecule has 39 heavy (non-hydrogen) atoms. The van der Waals surface area contributed by atoms with Gasteiger partial charge in [0, 0.05) is 5.56 Å². The van der Waals surface area contributed by atoms with Gasteiger partial charge in [0.2, 0.25) is 5.88 Å². The van der Waals surface area contributed by atoms with Gasteiger partial charge in [0.05, 0.1) is 25.3 Å². The van der Waals surface area contributed by atoms with Crippen LogP contribution in [0.15, 0.2) is 103 Å². The number of alkyl halides is 1. The van der Waals surface area contributed by atoms with Gasteiger partial charge < -0.3 is 18.9 Å². The fourth-order valence-corrected chi connectivity index (χ4v) is 5.62. The number of fused-ring (bicyclic) bond motifs is 1. The molecule has 0 aliphatic carbocycles. The van der Waals surface area contributed by atoms with Crippen molar-refractivity contribution in [2.75, 3.05) is 6.61 Å². The zero-order valence-electron chi connectivity index (χ0n) is 21.1. The molecule has 1 fully saturated rings. The predicted octanol–water partition coefficient (Wildman–Crippen LogP) is 7.06. The fourth-order valence-electron chi connectivity index (χ4n) is 4.65. The van der Waals surface area contributed by atoms with E-state index in [1.807, 2.05) is 96.4 Å². The van der Waals surface area contributed by atoms with Crippen molar-refractivity contribution in [3.05, 3.63) is 119 Å². The van der Waals surface area contributed by atoms with Crippen LogP contribution in [-0.4, -0.2) is 35.0 Å². The van der Waals surface area contributed by atoms with E-state index in [1.54, 1.807) is 0 Å². The standard InChI is InChI=1S/C31H27FN2O4S/c32-26-28(24-19-39-30-27(24)33-20-34-31(30)37-23-14-8-3-9-15-23)38-25(18-35-16-21-10-4-1-5-11-21)29(26)36-17-22-12-6-2-7-13-22/h1-15,19-20,25-26,28-29H,16-18H2/t25-,26+,28+,29-/m1/s1. The van der Waals surface area contributed by atoms with Gasteiger partial charge in [0.25, 0.3) is 0 Å². The molecule has 6 rings (SSSR count). The summed E-state index contributed by atoms with van der Waals surface area (Å²) in [5.74, 6) is 1.09. The van der Waals surface area contributed by atoms with E-state index in [9.17, 15) is 0 Å². The Kier molecular flexibility index (Phi) is 7.87. The summed E-state index contributed by atoms with van der Waals surface area (Å²) in [7, 11) is 0. The first-order valence-electron chi connectivity index (χ1n) is 12.8. The maximum Gasteiger partial charge on any atom is 0.240 e. The Hall–Kier alpha value is -3.69. The number of rotatable bonds is 10. The molecule has 6 nitrogen and oxygen atoms in total. The van der Waals surface area contributed by atoms with Gasteiger partial charge in [-0.15, -0.1) is 11.3 Å². The van der Waals surface area contributed by atoms with Crippen molar-refractivity contribution in [2.24, 2.45) is 0 Å². The highest BCUT2D eigenvalue weighted by Gasteiger charge is 2.47. The van der Waals surface area contributed by atoms with E-state index in [0.29, 0.717) is 29.3 Å². The first-order chi connectivity index (χ1) is 19.3. The van der Waals surface area contributed by atoms with Crippen molar-refractivity contribution < 1.29 is 23.3 Å². The normalized spacial score (nSPS) is 20.8. The maximum absolute atomic E-state index is 16.1. The summed E-state index contributed by atoms with van der Waals surface area (Å²) in [6.07, 6.45) is -2.23. The molecule has 2 aromatic heterocycles. The Balaban J connectivity index is 1.23. The molecule has 0 N–H and O–H groups in total. The molecule has 3 aromatic carbocycles. The molecule has 0 amide bonds. The number of hydrogen-bond donors (Lipinski definition) is 0. The Morgan fingerprint density at radius 1 is 0.821 bits per heavy atom. The zero-order chi connectivity index (χ0) is 26.4. The number of para-hydroxylation sites is 1. The number of aromatic nitrogens is 2. The van der Waals surface area contributed by atoms with Crippen LogP contribution in [0.5, 0.6) is 11.6 Å². The average Bonchev–Trinajstić information content (AvgIpc) is 3.55. The number of nitrogens with zero attached hydrogens (tertiary/aromatic N) is 2. The number of ether oxygens (including phenoxy) is 4. The molecule has 1 saturated heterocycles. The highest BCUT2D eigenvalue weighted by molar-refractivity contribution is 7.17. The van der Waals surface area contributed by atoms with Crippen molar-refractivity contribution in [3.63, 3.8) is 0 Å². The van der Waals surface area contributed by atoms with Gasteiger partial charge in [0.15, 0.2) is 6.17 Å². The quantitative estimate of drug-likeness (QED) is 0.188. The Morgan fingerprint density at radius 3 is 2.21 bits per heavy atom. The van der Waals surface area contributed by atoms with E-state index in [0.717, 1.165) is 15.8 Å². The SMILES string of the molecule is F[C@@H]1[C@H](OCc2ccccc2)[C@@H](COCc2ccccc2)O[C@H]1c1csc2c(Oc3ccccc3)ncnc12. The van der Waals surface area contributed by atoms with Crippen molar-refractivity contribution in [3.8, 4) is 11.6 Å². The Labute approximate surface area is 230 Å². The average molecular weight is 543 g/mol. The van der Waals surface area contributed by atoms with Crippen LogP contribution in [0.1, 0.15) is 22.8 Å². The second-order valence-corrected chi connectivity index (χ2v) is 10.1. The van der Waals surface area contributed by atoms with Crippen LogP contribution in [0, 0.1) is 0 Å². The van der Waals surface area contributed by atoms with E-state index in [1.165, 1.54) is 17.7 Å². The van der Waals surface area contributed by atoms with Crippen LogP contribution in [-0.2, 0) is 27.4 Å². The van der Waals surface area contributed by atoms with Gasteiger partial charge in [0.1, 0.15) is 35.1 Å². The highest BCUT2D eigenvalue weighted by atomic mass is 32.1.